The Morgan fingerprint density at radius 3 is 1.77 bits per heavy atom. The molecule has 0 aliphatic carbocycles. The topological polar surface area (TPSA) is 0 Å². The molecule has 0 spiro atoms. The molecule has 1 heterocycles. The van der Waals surface area contributed by atoms with Crippen LogP contribution in [0.2, 0.25) is 0 Å². The molecule has 0 amide bonds. The first-order chi connectivity index (χ1) is 21.3. The summed E-state index contributed by atoms with van der Waals surface area (Å²) in [4.78, 5) is 0. The molecule has 0 fully saturated rings. The Morgan fingerprint density at radius 1 is 0.326 bits per heavy atom. The van der Waals surface area contributed by atoms with Crippen LogP contribution in [0.15, 0.2) is 158 Å². The molecule has 9 rings (SSSR count). The van der Waals surface area contributed by atoms with E-state index in [1.807, 2.05) is 11.3 Å². The molecule has 9 aromatic rings. The largest absolute Gasteiger partial charge is 0.134 e. The second-order valence-corrected chi connectivity index (χ2v) is 12.3. The fraction of sp³-hybridized carbons (Fsp3) is 0. The van der Waals surface area contributed by atoms with Gasteiger partial charge in [-0.3, -0.25) is 0 Å². The van der Waals surface area contributed by atoms with E-state index in [0.29, 0.717) is 0 Å². The summed E-state index contributed by atoms with van der Waals surface area (Å²) in [5, 5.41) is 10.5. The second kappa shape index (κ2) is 9.66. The van der Waals surface area contributed by atoms with Gasteiger partial charge in [-0.25, -0.2) is 0 Å². The molecule has 0 unspecified atom stereocenters. The Balaban J connectivity index is 1.20. The minimum absolute atomic E-state index is 1.24. The van der Waals surface area contributed by atoms with E-state index in [1.54, 1.807) is 0 Å². The highest BCUT2D eigenvalue weighted by atomic mass is 32.1. The molecule has 0 aliphatic rings. The zero-order valence-electron chi connectivity index (χ0n) is 23.4. The summed E-state index contributed by atoms with van der Waals surface area (Å²) in [5.74, 6) is 0. The van der Waals surface area contributed by atoms with Crippen molar-refractivity contribution in [1.82, 2.24) is 0 Å². The molecule has 0 nitrogen and oxygen atoms in total. The predicted molar refractivity (Wildman–Crippen MR) is 188 cm³/mol. The summed E-state index contributed by atoms with van der Waals surface area (Å²) >= 11 is 1.92. The van der Waals surface area contributed by atoms with Gasteiger partial charge in [-0.2, -0.15) is 0 Å². The summed E-state index contributed by atoms with van der Waals surface area (Å²) in [6.07, 6.45) is 0. The standard InChI is InChI=1S/C42H26S/c1-2-9-27(10-3-1)32-22-24-38-40(26-32)43-42-37-23-21-31(25-39(37)35-14-6-7-15-36(35)41(38)42)28-17-19-30(20-18-28)34-16-8-12-29-11-4-5-13-33(29)34/h1-26H. The number of hydrogen-bond acceptors (Lipinski definition) is 1. The minimum atomic E-state index is 1.24. The van der Waals surface area contributed by atoms with Crippen molar-refractivity contribution < 1.29 is 0 Å². The van der Waals surface area contributed by atoms with Gasteiger partial charge in [0.25, 0.3) is 0 Å². The molecule has 8 aromatic carbocycles. The normalized spacial score (nSPS) is 11.7. The number of benzene rings is 8. The Kier molecular flexibility index (Phi) is 5.47. The van der Waals surface area contributed by atoms with E-state index < -0.39 is 0 Å². The zero-order chi connectivity index (χ0) is 28.3. The third-order valence-electron chi connectivity index (χ3n) is 8.87. The fourth-order valence-corrected chi connectivity index (χ4v) is 8.06. The Bertz CT molecular complexity index is 2480. The lowest BCUT2D eigenvalue weighted by Crippen LogP contribution is -1.85. The quantitative estimate of drug-likeness (QED) is 0.188. The van der Waals surface area contributed by atoms with Crippen molar-refractivity contribution in [1.29, 1.82) is 0 Å². The van der Waals surface area contributed by atoms with Crippen LogP contribution in [0.25, 0.3) is 85.9 Å². The van der Waals surface area contributed by atoms with Gasteiger partial charge in [0.05, 0.1) is 0 Å². The summed E-state index contributed by atoms with van der Waals surface area (Å²) in [7, 11) is 0. The van der Waals surface area contributed by atoms with Crippen molar-refractivity contribution in [2.75, 3.05) is 0 Å². The van der Waals surface area contributed by atoms with Gasteiger partial charge in [-0.05, 0) is 72.4 Å². The number of rotatable bonds is 3. The fourth-order valence-electron chi connectivity index (χ4n) is 6.76. The lowest BCUT2D eigenvalue weighted by atomic mass is 9.93. The smallest absolute Gasteiger partial charge is 0.0440 e. The highest BCUT2D eigenvalue weighted by Gasteiger charge is 2.15. The summed E-state index contributed by atoms with van der Waals surface area (Å²) < 4.78 is 2.70. The highest BCUT2D eigenvalue weighted by molar-refractivity contribution is 7.27. The maximum atomic E-state index is 2.39. The SMILES string of the molecule is c1ccc(-c2ccc3c(c2)sc2c4ccc(-c5ccc(-c6cccc7ccccc67)cc5)cc4c4ccccc4c32)cc1. The van der Waals surface area contributed by atoms with Crippen LogP contribution in [0.4, 0.5) is 0 Å². The van der Waals surface area contributed by atoms with Crippen molar-refractivity contribution in [2.24, 2.45) is 0 Å². The number of fused-ring (bicyclic) bond motifs is 9. The van der Waals surface area contributed by atoms with Crippen molar-refractivity contribution in [3.8, 4) is 33.4 Å². The molecule has 0 saturated carbocycles. The third kappa shape index (κ3) is 3.90. The molecular formula is C42H26S. The van der Waals surface area contributed by atoms with E-state index in [-0.39, 0.29) is 0 Å². The van der Waals surface area contributed by atoms with E-state index >= 15 is 0 Å². The predicted octanol–water partition coefficient (Wildman–Crippen LogP) is 12.5. The molecule has 0 atom stereocenters. The molecule has 0 radical (unpaired) electrons. The minimum Gasteiger partial charge on any atom is -0.134 e. The van der Waals surface area contributed by atoms with Gasteiger partial charge in [0.1, 0.15) is 0 Å². The van der Waals surface area contributed by atoms with Crippen LogP contribution in [-0.2, 0) is 0 Å². The summed E-state index contributed by atoms with van der Waals surface area (Å²) in [6, 6.07) is 57.8. The molecular weight excluding hydrogens is 537 g/mol. The van der Waals surface area contributed by atoms with E-state index in [2.05, 4.69) is 158 Å². The maximum Gasteiger partial charge on any atom is 0.0440 e. The average Bonchev–Trinajstić information content (AvgIpc) is 3.48. The number of thiophene rings is 1. The summed E-state index contributed by atoms with van der Waals surface area (Å²) in [6.45, 7) is 0. The molecule has 200 valence electrons. The van der Waals surface area contributed by atoms with E-state index in [9.17, 15) is 0 Å². The molecule has 0 saturated heterocycles. The van der Waals surface area contributed by atoms with Crippen molar-refractivity contribution in [2.45, 2.75) is 0 Å². The van der Waals surface area contributed by atoms with Crippen LogP contribution in [-0.4, -0.2) is 0 Å². The molecule has 0 aliphatic heterocycles. The first-order valence-electron chi connectivity index (χ1n) is 14.8. The molecule has 1 aromatic heterocycles. The van der Waals surface area contributed by atoms with Gasteiger partial charge in [-0.15, -0.1) is 11.3 Å². The monoisotopic (exact) mass is 562 g/mol. The lowest BCUT2D eigenvalue weighted by molar-refractivity contribution is 1.62. The van der Waals surface area contributed by atoms with Crippen molar-refractivity contribution >= 4 is 63.8 Å². The lowest BCUT2D eigenvalue weighted by Gasteiger charge is -2.11. The number of hydrogen-bond donors (Lipinski definition) is 0. The zero-order valence-corrected chi connectivity index (χ0v) is 24.2. The Hall–Kier alpha value is -5.24. The molecule has 43 heavy (non-hydrogen) atoms. The maximum absolute atomic E-state index is 2.39. The first kappa shape index (κ1) is 24.4. The molecule has 0 bridgehead atoms. The third-order valence-corrected chi connectivity index (χ3v) is 10.1. The van der Waals surface area contributed by atoms with Gasteiger partial charge in [0.15, 0.2) is 0 Å². The van der Waals surface area contributed by atoms with Crippen LogP contribution in [0, 0.1) is 0 Å². The van der Waals surface area contributed by atoms with Gasteiger partial charge in [-0.1, -0.05) is 146 Å². The first-order valence-corrected chi connectivity index (χ1v) is 15.6. The average molecular weight is 563 g/mol. The Morgan fingerprint density at radius 2 is 0.930 bits per heavy atom. The van der Waals surface area contributed by atoms with Crippen molar-refractivity contribution in [3.63, 3.8) is 0 Å². The van der Waals surface area contributed by atoms with E-state index in [1.165, 1.54) is 85.9 Å². The van der Waals surface area contributed by atoms with Crippen LogP contribution in [0.1, 0.15) is 0 Å². The molecule has 1 heteroatoms. The van der Waals surface area contributed by atoms with Gasteiger partial charge in [0.2, 0.25) is 0 Å². The van der Waals surface area contributed by atoms with E-state index in [4.69, 9.17) is 0 Å². The van der Waals surface area contributed by atoms with Gasteiger partial charge < -0.3 is 0 Å². The van der Waals surface area contributed by atoms with Crippen LogP contribution < -0.4 is 0 Å². The summed E-state index contributed by atoms with van der Waals surface area (Å²) in [5.41, 5.74) is 7.52. The second-order valence-electron chi connectivity index (χ2n) is 11.3. The Labute approximate surface area is 254 Å². The van der Waals surface area contributed by atoms with E-state index in [0.717, 1.165) is 0 Å². The van der Waals surface area contributed by atoms with Crippen molar-refractivity contribution in [3.05, 3.63) is 158 Å². The van der Waals surface area contributed by atoms with Gasteiger partial charge >= 0.3 is 0 Å². The molecule has 0 N–H and O–H groups in total. The van der Waals surface area contributed by atoms with Crippen LogP contribution in [0.5, 0.6) is 0 Å². The van der Waals surface area contributed by atoms with Gasteiger partial charge in [0, 0.05) is 25.6 Å². The van der Waals surface area contributed by atoms with Crippen LogP contribution >= 0.6 is 11.3 Å². The highest BCUT2D eigenvalue weighted by Crippen LogP contribution is 2.45. The van der Waals surface area contributed by atoms with Crippen LogP contribution in [0.3, 0.4) is 0 Å².